The van der Waals surface area contributed by atoms with Gasteiger partial charge in [0.05, 0.1) is 0 Å². The second-order valence-electron chi connectivity index (χ2n) is 4.57. The van der Waals surface area contributed by atoms with Crippen LogP contribution in [0.4, 0.5) is 5.69 Å². The fraction of sp³-hybridized carbons (Fsp3) is 0.385. The summed E-state index contributed by atoms with van der Waals surface area (Å²) < 4.78 is 0. The van der Waals surface area contributed by atoms with Crippen LogP contribution in [0, 0.1) is 10.8 Å². The fourth-order valence-electron chi connectivity index (χ4n) is 2.07. The van der Waals surface area contributed by atoms with E-state index in [0.717, 1.165) is 25.9 Å². The summed E-state index contributed by atoms with van der Waals surface area (Å²) in [5, 5.41) is 30.5. The number of nitrogens with one attached hydrogen (secondary N) is 4. The Balaban J connectivity index is 0.00000200. The van der Waals surface area contributed by atoms with Crippen molar-refractivity contribution >= 4 is 30.0 Å². The van der Waals surface area contributed by atoms with Gasteiger partial charge in [-0.05, 0) is 31.4 Å². The molecule has 1 aliphatic rings. The van der Waals surface area contributed by atoms with Crippen LogP contribution in [0.1, 0.15) is 19.3 Å². The molecule has 1 aromatic carbocycles. The number of phenolic OH excluding ortho intramolecular Hbond substituents is 1. The van der Waals surface area contributed by atoms with Gasteiger partial charge in [-0.15, -0.1) is 12.4 Å². The van der Waals surface area contributed by atoms with Crippen LogP contribution >= 0.6 is 12.4 Å². The number of anilines is 1. The summed E-state index contributed by atoms with van der Waals surface area (Å²) in [4.78, 5) is 1.93. The molecule has 1 aromatic rings. The third-order valence-corrected chi connectivity index (χ3v) is 3.03. The summed E-state index contributed by atoms with van der Waals surface area (Å²) in [5.41, 5.74) is 0.615. The Morgan fingerprint density at radius 1 is 1.15 bits per heavy atom. The van der Waals surface area contributed by atoms with Gasteiger partial charge < -0.3 is 15.3 Å². The molecular formula is C13H20ClN5O. The predicted molar refractivity (Wildman–Crippen MR) is 83.0 cm³/mol. The van der Waals surface area contributed by atoms with Gasteiger partial charge in [0.25, 0.3) is 0 Å². The second-order valence-corrected chi connectivity index (χ2v) is 4.57. The first-order chi connectivity index (χ1) is 9.15. The molecule has 1 aliphatic heterocycles. The predicted octanol–water partition coefficient (Wildman–Crippen LogP) is 2.17. The molecule has 7 heteroatoms. The maximum Gasteiger partial charge on any atom is 0.199 e. The Morgan fingerprint density at radius 2 is 1.85 bits per heavy atom. The van der Waals surface area contributed by atoms with Gasteiger partial charge in [-0.3, -0.25) is 16.1 Å². The van der Waals surface area contributed by atoms with Gasteiger partial charge in [-0.1, -0.05) is 6.07 Å². The first-order valence-corrected chi connectivity index (χ1v) is 6.40. The van der Waals surface area contributed by atoms with Crippen molar-refractivity contribution in [2.75, 3.05) is 18.4 Å². The van der Waals surface area contributed by atoms with Crippen molar-refractivity contribution in [2.45, 2.75) is 19.3 Å². The largest absolute Gasteiger partial charge is 0.508 e. The number of nitrogens with zero attached hydrogens (tertiary/aromatic N) is 1. The van der Waals surface area contributed by atoms with Gasteiger partial charge in [0, 0.05) is 24.8 Å². The lowest BCUT2D eigenvalue weighted by Gasteiger charge is -2.29. The fourth-order valence-corrected chi connectivity index (χ4v) is 2.07. The van der Waals surface area contributed by atoms with Crippen LogP contribution in [-0.4, -0.2) is 35.0 Å². The van der Waals surface area contributed by atoms with Crippen LogP contribution in [0.25, 0.3) is 0 Å². The molecule has 0 spiro atoms. The summed E-state index contributed by atoms with van der Waals surface area (Å²) in [7, 11) is 0. The monoisotopic (exact) mass is 297 g/mol. The molecule has 20 heavy (non-hydrogen) atoms. The van der Waals surface area contributed by atoms with Gasteiger partial charge in [-0.2, -0.15) is 0 Å². The number of hydrogen-bond donors (Lipinski definition) is 5. The number of guanidine groups is 2. The Hall–Kier alpha value is -1.95. The van der Waals surface area contributed by atoms with Crippen molar-refractivity contribution in [1.82, 2.24) is 10.2 Å². The SMILES string of the molecule is Cl.N=C(NC(=N)N1CCCCC1)Nc1cccc(O)c1. The maximum absolute atomic E-state index is 9.33. The molecule has 5 N–H and O–H groups in total. The van der Waals surface area contributed by atoms with Crippen molar-refractivity contribution < 1.29 is 5.11 Å². The highest BCUT2D eigenvalue weighted by molar-refractivity contribution is 6.02. The minimum atomic E-state index is 0. The number of likely N-dealkylation sites (tertiary alicyclic amines) is 1. The number of benzene rings is 1. The average Bonchev–Trinajstić information content (AvgIpc) is 2.39. The summed E-state index contributed by atoms with van der Waals surface area (Å²) in [6.07, 6.45) is 3.40. The van der Waals surface area contributed by atoms with E-state index in [1.165, 1.54) is 12.5 Å². The van der Waals surface area contributed by atoms with Gasteiger partial charge in [0.15, 0.2) is 11.9 Å². The van der Waals surface area contributed by atoms with Gasteiger partial charge >= 0.3 is 0 Å². The molecule has 110 valence electrons. The minimum Gasteiger partial charge on any atom is -0.508 e. The zero-order valence-corrected chi connectivity index (χ0v) is 12.0. The van der Waals surface area contributed by atoms with Crippen molar-refractivity contribution in [3.8, 4) is 5.75 Å². The van der Waals surface area contributed by atoms with Crippen molar-refractivity contribution in [2.24, 2.45) is 0 Å². The smallest absolute Gasteiger partial charge is 0.199 e. The Bertz CT molecular complexity index is 474. The normalized spacial score (nSPS) is 14.1. The van der Waals surface area contributed by atoms with E-state index in [0.29, 0.717) is 5.69 Å². The highest BCUT2D eigenvalue weighted by atomic mass is 35.5. The lowest BCUT2D eigenvalue weighted by molar-refractivity contribution is 0.334. The lowest BCUT2D eigenvalue weighted by atomic mass is 10.1. The Kier molecular flexibility index (Phi) is 6.11. The standard InChI is InChI=1S/C13H19N5O.ClH/c14-12(16-10-5-4-6-11(19)9-10)17-13(15)18-7-2-1-3-8-18;/h4-6,9,19H,1-3,7-8H2,(H4,14,15,16,17);1H. The Labute approximate surface area is 124 Å². The van der Waals surface area contributed by atoms with Crippen molar-refractivity contribution in [3.05, 3.63) is 24.3 Å². The molecule has 0 aromatic heterocycles. The van der Waals surface area contributed by atoms with Crippen LogP contribution < -0.4 is 10.6 Å². The quantitative estimate of drug-likeness (QED) is 0.405. The van der Waals surface area contributed by atoms with E-state index < -0.39 is 0 Å². The van der Waals surface area contributed by atoms with E-state index in [1.54, 1.807) is 18.2 Å². The first-order valence-electron chi connectivity index (χ1n) is 6.40. The number of phenols is 1. The molecular weight excluding hydrogens is 278 g/mol. The zero-order valence-electron chi connectivity index (χ0n) is 11.1. The van der Waals surface area contributed by atoms with E-state index in [1.807, 2.05) is 4.90 Å². The molecule has 1 heterocycles. The summed E-state index contributed by atoms with van der Waals surface area (Å²) in [6, 6.07) is 6.54. The highest BCUT2D eigenvalue weighted by Crippen LogP contribution is 2.15. The minimum absolute atomic E-state index is 0. The first kappa shape index (κ1) is 16.1. The zero-order chi connectivity index (χ0) is 13.7. The number of rotatable bonds is 1. The van der Waals surface area contributed by atoms with E-state index >= 15 is 0 Å². The lowest BCUT2D eigenvalue weighted by Crippen LogP contribution is -2.47. The van der Waals surface area contributed by atoms with Crippen molar-refractivity contribution in [1.29, 1.82) is 10.8 Å². The highest BCUT2D eigenvalue weighted by Gasteiger charge is 2.14. The molecule has 2 rings (SSSR count). The van der Waals surface area contributed by atoms with Crippen LogP contribution in [-0.2, 0) is 0 Å². The second kappa shape index (κ2) is 7.59. The maximum atomic E-state index is 9.33. The molecule has 0 atom stereocenters. The van der Waals surface area contributed by atoms with E-state index in [9.17, 15) is 5.11 Å². The summed E-state index contributed by atoms with van der Waals surface area (Å²) in [6.45, 7) is 1.73. The van der Waals surface area contributed by atoms with Crippen LogP contribution in [0.3, 0.4) is 0 Å². The van der Waals surface area contributed by atoms with Gasteiger partial charge in [0.1, 0.15) is 5.75 Å². The van der Waals surface area contributed by atoms with Crippen LogP contribution in [0.15, 0.2) is 24.3 Å². The summed E-state index contributed by atoms with van der Waals surface area (Å²) in [5.74, 6) is 0.419. The van der Waals surface area contributed by atoms with Gasteiger partial charge in [0.2, 0.25) is 0 Å². The molecule has 0 unspecified atom stereocenters. The van der Waals surface area contributed by atoms with Crippen LogP contribution in [0.2, 0.25) is 0 Å². The van der Waals surface area contributed by atoms with Crippen LogP contribution in [0.5, 0.6) is 5.75 Å². The van der Waals surface area contributed by atoms with Crippen molar-refractivity contribution in [3.63, 3.8) is 0 Å². The molecule has 0 bridgehead atoms. The number of halogens is 1. The summed E-state index contributed by atoms with van der Waals surface area (Å²) >= 11 is 0. The molecule has 0 aliphatic carbocycles. The molecule has 0 amide bonds. The molecule has 0 radical (unpaired) electrons. The molecule has 1 fully saturated rings. The van der Waals surface area contributed by atoms with E-state index in [-0.39, 0.29) is 30.1 Å². The third kappa shape index (κ3) is 4.62. The average molecular weight is 298 g/mol. The molecule has 0 saturated carbocycles. The Morgan fingerprint density at radius 3 is 2.50 bits per heavy atom. The number of aromatic hydroxyl groups is 1. The molecule has 6 nitrogen and oxygen atoms in total. The molecule has 1 saturated heterocycles. The number of piperidine rings is 1. The van der Waals surface area contributed by atoms with Gasteiger partial charge in [-0.25, -0.2) is 0 Å². The third-order valence-electron chi connectivity index (χ3n) is 3.03. The van der Waals surface area contributed by atoms with E-state index in [2.05, 4.69) is 10.6 Å². The topological polar surface area (TPSA) is 95.2 Å². The number of hydrogen-bond acceptors (Lipinski definition) is 3. The van der Waals surface area contributed by atoms with E-state index in [4.69, 9.17) is 10.8 Å².